The van der Waals surface area contributed by atoms with E-state index in [9.17, 15) is 9.59 Å². The highest BCUT2D eigenvalue weighted by Crippen LogP contribution is 2.39. The number of hydrogen-bond acceptors (Lipinski definition) is 8. The van der Waals surface area contributed by atoms with Crippen molar-refractivity contribution in [1.29, 1.82) is 0 Å². The lowest BCUT2D eigenvalue weighted by Crippen LogP contribution is -2.40. The minimum atomic E-state index is -0.784. The summed E-state index contributed by atoms with van der Waals surface area (Å²) in [6.45, 7) is 6.32. The summed E-state index contributed by atoms with van der Waals surface area (Å²) in [7, 11) is 3.14. The molecule has 8 nitrogen and oxygen atoms in total. The van der Waals surface area contributed by atoms with Gasteiger partial charge in [0.2, 0.25) is 0 Å². The van der Waals surface area contributed by atoms with E-state index in [0.717, 1.165) is 16.5 Å². The number of aromatic nitrogens is 1. The summed E-state index contributed by atoms with van der Waals surface area (Å²) in [5.41, 5.74) is 2.06. The molecule has 212 valence electrons. The van der Waals surface area contributed by atoms with E-state index < -0.39 is 12.0 Å². The van der Waals surface area contributed by atoms with Crippen LogP contribution in [0.2, 0.25) is 0 Å². The van der Waals surface area contributed by atoms with Crippen molar-refractivity contribution in [2.75, 3.05) is 27.4 Å². The van der Waals surface area contributed by atoms with Gasteiger partial charge in [-0.25, -0.2) is 9.79 Å². The maximum Gasteiger partial charge on any atom is 0.338 e. The van der Waals surface area contributed by atoms with Gasteiger partial charge in [0.15, 0.2) is 16.3 Å². The normalized spacial score (nSPS) is 15.0. The number of ether oxygens (including phenoxy) is 4. The molecule has 1 atom stereocenters. The van der Waals surface area contributed by atoms with E-state index in [4.69, 9.17) is 23.9 Å². The number of nitrogens with zero attached hydrogens (tertiary/aromatic N) is 2. The molecule has 11 heteroatoms. The van der Waals surface area contributed by atoms with Crippen LogP contribution in [0.5, 0.6) is 17.2 Å². The molecule has 1 aliphatic rings. The first-order valence-corrected chi connectivity index (χ1v) is 15.2. The number of benzene rings is 2. The molecule has 1 aliphatic heterocycles. The molecule has 0 saturated carbocycles. The summed E-state index contributed by atoms with van der Waals surface area (Å²) >= 11 is 8.35. The molecule has 0 bridgehead atoms. The zero-order valence-electron chi connectivity index (χ0n) is 22.9. The molecule has 3 aromatic rings. The Labute approximate surface area is 253 Å². The second kappa shape index (κ2) is 13.2. The van der Waals surface area contributed by atoms with Crippen molar-refractivity contribution in [1.82, 2.24) is 4.57 Å². The van der Waals surface area contributed by atoms with Gasteiger partial charge in [0.1, 0.15) is 11.8 Å². The van der Waals surface area contributed by atoms with E-state index in [-0.39, 0.29) is 12.2 Å². The van der Waals surface area contributed by atoms with Gasteiger partial charge in [-0.3, -0.25) is 9.36 Å². The van der Waals surface area contributed by atoms with E-state index in [0.29, 0.717) is 60.9 Å². The van der Waals surface area contributed by atoms with Crippen LogP contribution < -0.4 is 29.1 Å². The van der Waals surface area contributed by atoms with E-state index in [1.54, 1.807) is 31.8 Å². The second-order valence-electron chi connectivity index (χ2n) is 8.77. The number of methoxy groups -OCH3 is 2. The fourth-order valence-electron chi connectivity index (χ4n) is 4.62. The van der Waals surface area contributed by atoms with Crippen molar-refractivity contribution in [2.24, 2.45) is 4.99 Å². The average molecular weight is 694 g/mol. The summed E-state index contributed by atoms with van der Waals surface area (Å²) in [5.74, 6) is 1.18. The van der Waals surface area contributed by atoms with Crippen LogP contribution in [-0.4, -0.2) is 38.0 Å². The lowest BCUT2D eigenvalue weighted by Gasteiger charge is -2.27. The fraction of sp³-hybridized carbons (Fsp3) is 0.345. The first kappa shape index (κ1) is 30.1. The smallest absolute Gasteiger partial charge is 0.338 e. The zero-order valence-corrected chi connectivity index (χ0v) is 26.9. The van der Waals surface area contributed by atoms with E-state index in [1.165, 1.54) is 11.3 Å². The maximum atomic E-state index is 14.1. The topological polar surface area (TPSA) is 88.4 Å². The van der Waals surface area contributed by atoms with E-state index >= 15 is 0 Å². The van der Waals surface area contributed by atoms with Gasteiger partial charge in [0.25, 0.3) is 5.56 Å². The highest BCUT2D eigenvalue weighted by molar-refractivity contribution is 9.10. The number of fused-ring (bicyclic) bond motifs is 1. The summed E-state index contributed by atoms with van der Waals surface area (Å²) in [6, 6.07) is 8.43. The third-order valence-electron chi connectivity index (χ3n) is 6.21. The van der Waals surface area contributed by atoms with Crippen LogP contribution in [0.15, 0.2) is 60.3 Å². The van der Waals surface area contributed by atoms with Gasteiger partial charge < -0.3 is 18.9 Å². The van der Waals surface area contributed by atoms with Crippen LogP contribution in [0.1, 0.15) is 50.8 Å². The van der Waals surface area contributed by atoms with Crippen molar-refractivity contribution in [2.45, 2.75) is 39.7 Å². The Bertz CT molecular complexity index is 1640. The molecule has 0 aliphatic carbocycles. The van der Waals surface area contributed by atoms with Gasteiger partial charge in [-0.05, 0) is 78.2 Å². The highest BCUT2D eigenvalue weighted by atomic mass is 79.9. The molecule has 1 aromatic heterocycles. The predicted octanol–water partition coefficient (Wildman–Crippen LogP) is 5.52. The standard InChI is InChI=1S/C29H30Br2N2O6S/c1-6-9-20-24(28(35)39-8-3)25(18-15-17(30)10-11-21(18)36-4)33-27(34)23(40-29(33)32-20)14-16-12-19(31)26(37-5)22(13-16)38-7-2/h10-15,25H,6-9H2,1-5H3/b23-14+/t25-/m0/s1. The molecule has 2 aromatic carbocycles. The number of carbonyl (C=O) groups is 1. The van der Waals surface area contributed by atoms with Gasteiger partial charge in [-0.15, -0.1) is 0 Å². The number of rotatable bonds is 10. The van der Waals surface area contributed by atoms with Crippen molar-refractivity contribution in [3.8, 4) is 17.2 Å². The Morgan fingerprint density at radius 3 is 2.50 bits per heavy atom. The average Bonchev–Trinajstić information content (AvgIpc) is 3.22. The van der Waals surface area contributed by atoms with Crippen LogP contribution in [0.4, 0.5) is 0 Å². The third kappa shape index (κ3) is 5.91. The fourth-order valence-corrected chi connectivity index (χ4v) is 6.64. The lowest BCUT2D eigenvalue weighted by atomic mass is 9.93. The molecule has 0 radical (unpaired) electrons. The molecular formula is C29H30Br2N2O6S. The van der Waals surface area contributed by atoms with Gasteiger partial charge in [0.05, 0.1) is 47.7 Å². The van der Waals surface area contributed by atoms with Crippen LogP contribution in [0.3, 0.4) is 0 Å². The molecule has 0 unspecified atom stereocenters. The van der Waals surface area contributed by atoms with Crippen molar-refractivity contribution < 1.29 is 23.7 Å². The molecule has 0 N–H and O–H groups in total. The van der Waals surface area contributed by atoms with Gasteiger partial charge in [0, 0.05) is 10.0 Å². The Kier molecular flexibility index (Phi) is 9.91. The van der Waals surface area contributed by atoms with Gasteiger partial charge in [-0.2, -0.15) is 0 Å². The molecule has 0 spiro atoms. The molecule has 0 fully saturated rings. The van der Waals surface area contributed by atoms with Crippen LogP contribution in [0.25, 0.3) is 6.08 Å². The minimum Gasteiger partial charge on any atom is -0.496 e. The number of allylic oxidation sites excluding steroid dienone is 1. The summed E-state index contributed by atoms with van der Waals surface area (Å²) in [4.78, 5) is 32.8. The number of carbonyl (C=O) groups excluding carboxylic acids is 1. The first-order chi connectivity index (χ1) is 19.3. The van der Waals surface area contributed by atoms with Crippen LogP contribution in [0, 0.1) is 0 Å². The number of halogens is 2. The number of thiazole rings is 1. The van der Waals surface area contributed by atoms with Crippen LogP contribution >= 0.6 is 43.2 Å². The largest absolute Gasteiger partial charge is 0.496 e. The van der Waals surface area contributed by atoms with Gasteiger partial charge in [-0.1, -0.05) is 40.6 Å². The molecule has 0 amide bonds. The Balaban J connectivity index is 2.03. The van der Waals surface area contributed by atoms with Crippen molar-refractivity contribution in [3.63, 3.8) is 0 Å². The SMILES string of the molecule is CCCC1=C(C(=O)OCC)[C@H](c2cc(Br)ccc2OC)n2c(s/c(=C/c3cc(Br)c(OC)c(OCC)c3)c2=O)=N1. The number of esters is 1. The lowest BCUT2D eigenvalue weighted by molar-refractivity contribution is -0.139. The Morgan fingerprint density at radius 2 is 1.85 bits per heavy atom. The summed E-state index contributed by atoms with van der Waals surface area (Å²) < 4.78 is 25.9. The highest BCUT2D eigenvalue weighted by Gasteiger charge is 2.36. The Hall–Kier alpha value is -2.89. The van der Waals surface area contributed by atoms with Gasteiger partial charge >= 0.3 is 5.97 Å². The summed E-state index contributed by atoms with van der Waals surface area (Å²) in [6.07, 6.45) is 3.10. The Morgan fingerprint density at radius 1 is 1.07 bits per heavy atom. The first-order valence-electron chi connectivity index (χ1n) is 12.8. The maximum absolute atomic E-state index is 14.1. The summed E-state index contributed by atoms with van der Waals surface area (Å²) in [5, 5.41) is 0. The van der Waals surface area contributed by atoms with E-state index in [1.807, 2.05) is 44.2 Å². The van der Waals surface area contributed by atoms with Crippen molar-refractivity contribution >= 4 is 55.2 Å². The zero-order chi connectivity index (χ0) is 29.0. The minimum absolute atomic E-state index is 0.197. The molecule has 4 rings (SSSR count). The molecule has 0 saturated heterocycles. The van der Waals surface area contributed by atoms with Crippen molar-refractivity contribution in [3.05, 3.63) is 81.4 Å². The monoisotopic (exact) mass is 692 g/mol. The van der Waals surface area contributed by atoms with Crippen LogP contribution in [-0.2, 0) is 9.53 Å². The third-order valence-corrected chi connectivity index (χ3v) is 8.28. The molecule has 2 heterocycles. The predicted molar refractivity (Wildman–Crippen MR) is 162 cm³/mol. The van der Waals surface area contributed by atoms with E-state index in [2.05, 4.69) is 31.9 Å². The quantitative estimate of drug-likeness (QED) is 0.260. The molecule has 40 heavy (non-hydrogen) atoms. The molecular weight excluding hydrogens is 664 g/mol. The number of hydrogen-bond donors (Lipinski definition) is 0. The second-order valence-corrected chi connectivity index (χ2v) is 11.5.